The van der Waals surface area contributed by atoms with Crippen molar-refractivity contribution in [1.82, 2.24) is 0 Å². The van der Waals surface area contributed by atoms with Gasteiger partial charge < -0.3 is 14.6 Å². The summed E-state index contributed by atoms with van der Waals surface area (Å²) >= 11 is 5.78. The van der Waals surface area contributed by atoms with Gasteiger partial charge in [0.05, 0.1) is 6.61 Å². The summed E-state index contributed by atoms with van der Waals surface area (Å²) in [5, 5.41) is 9.47. The minimum absolute atomic E-state index is 0.0198. The van der Waals surface area contributed by atoms with Crippen molar-refractivity contribution < 1.29 is 19.4 Å². The number of rotatable bonds is 5. The van der Waals surface area contributed by atoms with Gasteiger partial charge in [0.25, 0.3) is 0 Å². The van der Waals surface area contributed by atoms with E-state index in [0.717, 1.165) is 5.75 Å². The summed E-state index contributed by atoms with van der Waals surface area (Å²) < 4.78 is 10.9. The average molecular weight is 293 g/mol. The molecule has 0 aliphatic heterocycles. The van der Waals surface area contributed by atoms with Crippen LogP contribution >= 0.6 is 11.6 Å². The van der Waals surface area contributed by atoms with Gasteiger partial charge in [-0.3, -0.25) is 0 Å². The van der Waals surface area contributed by atoms with Crippen molar-refractivity contribution in [2.45, 2.75) is 6.92 Å². The largest absolute Gasteiger partial charge is 0.494 e. The van der Waals surface area contributed by atoms with Crippen LogP contribution in [0.2, 0.25) is 5.02 Å². The summed E-state index contributed by atoms with van der Waals surface area (Å²) in [5.74, 6) is 0.409. The van der Waals surface area contributed by atoms with E-state index in [4.69, 9.17) is 26.2 Å². The first kappa shape index (κ1) is 14.2. The SMILES string of the molecule is CCOc1ccc(Oc2ccc(Cl)cc2C(=O)O)cc1. The van der Waals surface area contributed by atoms with E-state index in [9.17, 15) is 4.79 Å². The molecule has 2 aromatic rings. The molecule has 2 rings (SSSR count). The smallest absolute Gasteiger partial charge is 0.339 e. The quantitative estimate of drug-likeness (QED) is 0.896. The van der Waals surface area contributed by atoms with Crippen molar-refractivity contribution in [3.05, 3.63) is 53.1 Å². The van der Waals surface area contributed by atoms with E-state index < -0.39 is 5.97 Å². The predicted octanol–water partition coefficient (Wildman–Crippen LogP) is 4.23. The minimum Gasteiger partial charge on any atom is -0.494 e. The predicted molar refractivity (Wildman–Crippen MR) is 76.1 cm³/mol. The average Bonchev–Trinajstić information content (AvgIpc) is 2.43. The van der Waals surface area contributed by atoms with Gasteiger partial charge in [0.2, 0.25) is 0 Å². The van der Waals surface area contributed by atoms with Gasteiger partial charge in [-0.1, -0.05) is 11.6 Å². The maximum atomic E-state index is 11.1. The molecule has 104 valence electrons. The number of hydrogen-bond acceptors (Lipinski definition) is 3. The molecule has 0 saturated carbocycles. The minimum atomic E-state index is -1.09. The Balaban J connectivity index is 2.23. The lowest BCUT2D eigenvalue weighted by Gasteiger charge is -2.10. The van der Waals surface area contributed by atoms with Gasteiger partial charge in [0.15, 0.2) is 0 Å². The Labute approximate surface area is 121 Å². The lowest BCUT2D eigenvalue weighted by atomic mass is 10.2. The molecule has 2 aromatic carbocycles. The van der Waals surface area contributed by atoms with Gasteiger partial charge in [-0.2, -0.15) is 0 Å². The molecule has 20 heavy (non-hydrogen) atoms. The fourth-order valence-corrected chi connectivity index (χ4v) is 1.83. The number of aromatic carboxylic acids is 1. The third-order valence-electron chi connectivity index (χ3n) is 2.53. The molecule has 0 spiro atoms. The molecule has 0 radical (unpaired) electrons. The standard InChI is InChI=1S/C15H13ClO4/c1-2-19-11-4-6-12(7-5-11)20-14-8-3-10(16)9-13(14)15(17)18/h3-9H,2H2,1H3,(H,17,18). The number of carboxylic acid groups (broad SMARTS) is 1. The summed E-state index contributed by atoms with van der Waals surface area (Å²) in [6.07, 6.45) is 0. The summed E-state index contributed by atoms with van der Waals surface area (Å²) in [7, 11) is 0. The van der Waals surface area contributed by atoms with Gasteiger partial charge in [0, 0.05) is 5.02 Å². The van der Waals surface area contributed by atoms with Gasteiger partial charge in [0.1, 0.15) is 22.8 Å². The first-order valence-electron chi connectivity index (χ1n) is 6.03. The van der Waals surface area contributed by atoms with Gasteiger partial charge in [-0.25, -0.2) is 4.79 Å². The third-order valence-corrected chi connectivity index (χ3v) is 2.77. The molecule has 0 aromatic heterocycles. The van der Waals surface area contributed by atoms with Crippen LogP contribution in [0.25, 0.3) is 0 Å². The fraction of sp³-hybridized carbons (Fsp3) is 0.133. The zero-order valence-corrected chi connectivity index (χ0v) is 11.6. The lowest BCUT2D eigenvalue weighted by Crippen LogP contribution is -2.00. The van der Waals surface area contributed by atoms with Crippen molar-refractivity contribution in [1.29, 1.82) is 0 Å². The number of hydrogen-bond donors (Lipinski definition) is 1. The van der Waals surface area contributed by atoms with Crippen LogP contribution in [0, 0.1) is 0 Å². The highest BCUT2D eigenvalue weighted by molar-refractivity contribution is 6.31. The lowest BCUT2D eigenvalue weighted by molar-refractivity contribution is 0.0694. The topological polar surface area (TPSA) is 55.8 Å². The van der Waals surface area contributed by atoms with E-state index in [0.29, 0.717) is 17.4 Å². The van der Waals surface area contributed by atoms with E-state index in [-0.39, 0.29) is 11.3 Å². The zero-order valence-electron chi connectivity index (χ0n) is 10.8. The van der Waals surface area contributed by atoms with E-state index in [1.807, 2.05) is 6.92 Å². The Kier molecular flexibility index (Phi) is 4.48. The van der Waals surface area contributed by atoms with Gasteiger partial charge in [-0.05, 0) is 49.4 Å². The molecule has 0 heterocycles. The second-order valence-electron chi connectivity index (χ2n) is 3.95. The normalized spacial score (nSPS) is 10.1. The number of benzene rings is 2. The zero-order chi connectivity index (χ0) is 14.5. The van der Waals surface area contributed by atoms with E-state index in [1.165, 1.54) is 12.1 Å². The molecular weight excluding hydrogens is 280 g/mol. The van der Waals surface area contributed by atoms with Crippen molar-refractivity contribution in [3.8, 4) is 17.2 Å². The first-order valence-corrected chi connectivity index (χ1v) is 6.41. The molecule has 4 nitrogen and oxygen atoms in total. The highest BCUT2D eigenvalue weighted by Gasteiger charge is 2.12. The Morgan fingerprint density at radius 2 is 1.80 bits per heavy atom. The maximum Gasteiger partial charge on any atom is 0.339 e. The summed E-state index contributed by atoms with van der Waals surface area (Å²) in [5.41, 5.74) is 0.0198. The molecule has 0 atom stereocenters. The molecule has 0 saturated heterocycles. The van der Waals surface area contributed by atoms with E-state index in [2.05, 4.69) is 0 Å². The molecule has 0 bridgehead atoms. The molecule has 0 aliphatic carbocycles. The Hall–Kier alpha value is -2.20. The number of carboxylic acids is 1. The molecular formula is C15H13ClO4. The molecule has 1 N–H and O–H groups in total. The van der Waals surface area contributed by atoms with Gasteiger partial charge in [-0.15, -0.1) is 0 Å². The summed E-state index contributed by atoms with van der Waals surface area (Å²) in [4.78, 5) is 11.1. The molecule has 0 amide bonds. The van der Waals surface area contributed by atoms with Gasteiger partial charge >= 0.3 is 5.97 Å². The Bertz CT molecular complexity index is 608. The Morgan fingerprint density at radius 3 is 2.40 bits per heavy atom. The van der Waals surface area contributed by atoms with Crippen LogP contribution in [-0.2, 0) is 0 Å². The molecule has 0 fully saturated rings. The van der Waals surface area contributed by atoms with Crippen molar-refractivity contribution >= 4 is 17.6 Å². The summed E-state index contributed by atoms with van der Waals surface area (Å²) in [6, 6.07) is 11.4. The number of halogens is 1. The summed E-state index contributed by atoms with van der Waals surface area (Å²) in [6.45, 7) is 2.48. The van der Waals surface area contributed by atoms with E-state index >= 15 is 0 Å². The van der Waals surface area contributed by atoms with Crippen LogP contribution in [0.15, 0.2) is 42.5 Å². The second kappa shape index (κ2) is 6.30. The van der Waals surface area contributed by atoms with Crippen molar-refractivity contribution in [2.24, 2.45) is 0 Å². The molecule has 0 unspecified atom stereocenters. The second-order valence-corrected chi connectivity index (χ2v) is 4.39. The maximum absolute atomic E-state index is 11.1. The molecule has 0 aliphatic rings. The number of carbonyl (C=O) groups is 1. The van der Waals surface area contributed by atoms with Crippen molar-refractivity contribution in [3.63, 3.8) is 0 Å². The monoisotopic (exact) mass is 292 g/mol. The van der Waals surface area contributed by atoms with Crippen LogP contribution in [0.3, 0.4) is 0 Å². The molecule has 5 heteroatoms. The van der Waals surface area contributed by atoms with Crippen LogP contribution in [0.1, 0.15) is 17.3 Å². The highest BCUT2D eigenvalue weighted by Crippen LogP contribution is 2.29. The first-order chi connectivity index (χ1) is 9.60. The van der Waals surface area contributed by atoms with Crippen molar-refractivity contribution in [2.75, 3.05) is 6.61 Å². The van der Waals surface area contributed by atoms with Crippen LogP contribution in [-0.4, -0.2) is 17.7 Å². The van der Waals surface area contributed by atoms with Crippen LogP contribution in [0.4, 0.5) is 0 Å². The highest BCUT2D eigenvalue weighted by atomic mass is 35.5. The van der Waals surface area contributed by atoms with Crippen LogP contribution < -0.4 is 9.47 Å². The fourth-order valence-electron chi connectivity index (χ4n) is 1.66. The van der Waals surface area contributed by atoms with E-state index in [1.54, 1.807) is 30.3 Å². The Morgan fingerprint density at radius 1 is 1.15 bits per heavy atom. The van der Waals surface area contributed by atoms with Crippen LogP contribution in [0.5, 0.6) is 17.2 Å². The number of ether oxygens (including phenoxy) is 2. The third kappa shape index (κ3) is 3.42.